The molecule has 2 aromatic rings. The van der Waals surface area contributed by atoms with Gasteiger partial charge in [0.05, 0.1) is 30.8 Å². The summed E-state index contributed by atoms with van der Waals surface area (Å²) in [5.41, 5.74) is 1.01. The second-order valence-electron chi connectivity index (χ2n) is 6.19. The summed E-state index contributed by atoms with van der Waals surface area (Å²) in [6.45, 7) is 0.856. The lowest BCUT2D eigenvalue weighted by Gasteiger charge is -2.16. The Labute approximate surface area is 173 Å². The topological polar surface area (TPSA) is 90.9 Å². The Balaban J connectivity index is 1.98. The van der Waals surface area contributed by atoms with Gasteiger partial charge in [0, 0.05) is 0 Å². The molecule has 8 heteroatoms. The van der Waals surface area contributed by atoms with Crippen LogP contribution in [0.15, 0.2) is 42.5 Å². The molecule has 0 aliphatic carbocycles. The van der Waals surface area contributed by atoms with Gasteiger partial charge in [-0.1, -0.05) is 41.9 Å². The number of carbonyl (C=O) groups is 3. The van der Waals surface area contributed by atoms with E-state index in [0.29, 0.717) is 6.42 Å². The van der Waals surface area contributed by atoms with Crippen molar-refractivity contribution in [1.29, 1.82) is 0 Å². The van der Waals surface area contributed by atoms with Gasteiger partial charge in [-0.25, -0.2) is 4.79 Å². The minimum absolute atomic E-state index is 0.104. The first-order chi connectivity index (χ1) is 13.8. The second kappa shape index (κ2) is 10.5. The van der Waals surface area contributed by atoms with E-state index in [1.807, 2.05) is 30.3 Å². The number of benzene rings is 2. The predicted octanol–water partition coefficient (Wildman–Crippen LogP) is 2.83. The fourth-order valence-corrected chi connectivity index (χ4v) is 2.92. The summed E-state index contributed by atoms with van der Waals surface area (Å²) >= 11 is 6.07. The number of nitrogens with one attached hydrogen (secondary N) is 1. The molecule has 7 nitrogen and oxygen atoms in total. The lowest BCUT2D eigenvalue weighted by Crippen LogP contribution is -2.43. The molecular weight excluding hydrogens is 398 g/mol. The summed E-state index contributed by atoms with van der Waals surface area (Å²) in [6.07, 6.45) is 0.348. The summed E-state index contributed by atoms with van der Waals surface area (Å²) in [6, 6.07) is 11.3. The SMILES string of the molecule is COc1cc(C(=O)OCC(=O)N[C@@H](Cc2ccccc2)C(C)=O)cc(Cl)c1OC. The Bertz CT molecular complexity index is 884. The van der Waals surface area contributed by atoms with Gasteiger partial charge in [0.15, 0.2) is 23.9 Å². The van der Waals surface area contributed by atoms with Crippen LogP contribution in [0.5, 0.6) is 11.5 Å². The van der Waals surface area contributed by atoms with E-state index in [2.05, 4.69) is 5.32 Å². The smallest absolute Gasteiger partial charge is 0.338 e. The number of Topliss-reactive ketones (excluding diaryl/α,β-unsaturated/α-hetero) is 1. The van der Waals surface area contributed by atoms with Gasteiger partial charge in [0.2, 0.25) is 0 Å². The fraction of sp³-hybridized carbons (Fsp3) is 0.286. The van der Waals surface area contributed by atoms with E-state index in [1.165, 1.54) is 33.3 Å². The molecule has 1 atom stereocenters. The van der Waals surface area contributed by atoms with Crippen LogP contribution in [0, 0.1) is 0 Å². The molecular formula is C21H22ClNO6. The van der Waals surface area contributed by atoms with E-state index in [9.17, 15) is 14.4 Å². The highest BCUT2D eigenvalue weighted by Crippen LogP contribution is 2.36. The first kappa shape index (κ1) is 22.2. The van der Waals surface area contributed by atoms with Gasteiger partial charge in [0.1, 0.15) is 0 Å². The summed E-state index contributed by atoms with van der Waals surface area (Å²) < 4.78 is 15.3. The minimum atomic E-state index is -0.759. The third kappa shape index (κ3) is 6.22. The number of ketones is 1. The van der Waals surface area contributed by atoms with Gasteiger partial charge in [-0.2, -0.15) is 0 Å². The zero-order valence-electron chi connectivity index (χ0n) is 16.4. The van der Waals surface area contributed by atoms with Crippen LogP contribution in [-0.2, 0) is 20.7 Å². The lowest BCUT2D eigenvalue weighted by molar-refractivity contribution is -0.128. The summed E-state index contributed by atoms with van der Waals surface area (Å²) in [5, 5.41) is 2.76. The van der Waals surface area contributed by atoms with Gasteiger partial charge < -0.3 is 19.5 Å². The largest absolute Gasteiger partial charge is 0.493 e. The number of hydrogen-bond donors (Lipinski definition) is 1. The normalized spacial score (nSPS) is 11.3. The Morgan fingerprint density at radius 3 is 2.34 bits per heavy atom. The third-order valence-corrected chi connectivity index (χ3v) is 4.39. The molecule has 2 rings (SSSR count). The molecule has 0 radical (unpaired) electrons. The van der Waals surface area contributed by atoms with E-state index in [0.717, 1.165) is 5.56 Å². The number of esters is 1. The highest BCUT2D eigenvalue weighted by molar-refractivity contribution is 6.32. The zero-order valence-corrected chi connectivity index (χ0v) is 17.1. The number of rotatable bonds is 9. The first-order valence-electron chi connectivity index (χ1n) is 8.78. The number of carbonyl (C=O) groups excluding carboxylic acids is 3. The van der Waals surface area contributed by atoms with Crippen LogP contribution < -0.4 is 14.8 Å². The van der Waals surface area contributed by atoms with Crippen molar-refractivity contribution in [3.05, 3.63) is 58.6 Å². The molecule has 0 aliphatic rings. The Hall–Kier alpha value is -3.06. The molecule has 0 unspecified atom stereocenters. The lowest BCUT2D eigenvalue weighted by atomic mass is 10.0. The van der Waals surface area contributed by atoms with Crippen LogP contribution in [0.4, 0.5) is 0 Å². The Morgan fingerprint density at radius 2 is 1.76 bits per heavy atom. The van der Waals surface area contributed by atoms with Gasteiger partial charge in [-0.15, -0.1) is 0 Å². The van der Waals surface area contributed by atoms with Crippen LogP contribution >= 0.6 is 11.6 Å². The summed E-state index contributed by atoms with van der Waals surface area (Å²) in [7, 11) is 2.83. The van der Waals surface area contributed by atoms with Gasteiger partial charge >= 0.3 is 5.97 Å². The van der Waals surface area contributed by atoms with Crippen molar-refractivity contribution in [2.24, 2.45) is 0 Å². The maximum atomic E-state index is 12.3. The summed E-state index contributed by atoms with van der Waals surface area (Å²) in [5.74, 6) is -0.990. The van der Waals surface area contributed by atoms with Crippen molar-refractivity contribution < 1.29 is 28.6 Å². The molecule has 154 valence electrons. The Morgan fingerprint density at radius 1 is 1.07 bits per heavy atom. The van der Waals surface area contributed by atoms with E-state index in [4.69, 9.17) is 25.8 Å². The van der Waals surface area contributed by atoms with E-state index < -0.39 is 24.5 Å². The standard InChI is InChI=1S/C21H22ClNO6/c1-13(24)17(9-14-7-5-4-6-8-14)23-19(25)12-29-21(26)15-10-16(22)20(28-3)18(11-15)27-2/h4-8,10-11,17H,9,12H2,1-3H3,(H,23,25)/t17-/m0/s1. The van der Waals surface area contributed by atoms with Crippen LogP contribution in [0.25, 0.3) is 0 Å². The van der Waals surface area contributed by atoms with E-state index in [1.54, 1.807) is 0 Å². The third-order valence-electron chi connectivity index (χ3n) is 4.11. The maximum Gasteiger partial charge on any atom is 0.338 e. The molecule has 29 heavy (non-hydrogen) atoms. The number of ether oxygens (including phenoxy) is 3. The Kier molecular flexibility index (Phi) is 8.03. The predicted molar refractivity (Wildman–Crippen MR) is 108 cm³/mol. The van der Waals surface area contributed by atoms with Crippen LogP contribution in [0.1, 0.15) is 22.8 Å². The van der Waals surface area contributed by atoms with Crippen molar-refractivity contribution in [1.82, 2.24) is 5.32 Å². The average Bonchev–Trinajstić information content (AvgIpc) is 2.71. The first-order valence-corrected chi connectivity index (χ1v) is 9.15. The molecule has 2 aromatic carbocycles. The molecule has 0 saturated heterocycles. The number of hydrogen-bond acceptors (Lipinski definition) is 6. The highest BCUT2D eigenvalue weighted by Gasteiger charge is 2.20. The van der Waals surface area contributed by atoms with Crippen LogP contribution in [0.2, 0.25) is 5.02 Å². The van der Waals surface area contributed by atoms with E-state index in [-0.39, 0.29) is 27.9 Å². The van der Waals surface area contributed by atoms with Gasteiger partial charge in [0.25, 0.3) is 5.91 Å². The highest BCUT2D eigenvalue weighted by atomic mass is 35.5. The minimum Gasteiger partial charge on any atom is -0.493 e. The van der Waals surface area contributed by atoms with Crippen LogP contribution in [0.3, 0.4) is 0 Å². The fourth-order valence-electron chi connectivity index (χ4n) is 2.63. The monoisotopic (exact) mass is 419 g/mol. The van der Waals surface area contributed by atoms with Gasteiger partial charge in [-0.3, -0.25) is 9.59 Å². The van der Waals surface area contributed by atoms with Crippen molar-refractivity contribution in [2.45, 2.75) is 19.4 Å². The molecule has 1 amide bonds. The van der Waals surface area contributed by atoms with E-state index >= 15 is 0 Å². The quantitative estimate of drug-likeness (QED) is 0.628. The maximum absolute atomic E-state index is 12.3. The van der Waals surface area contributed by atoms with Crippen molar-refractivity contribution in [3.8, 4) is 11.5 Å². The molecule has 0 saturated carbocycles. The van der Waals surface area contributed by atoms with Crippen molar-refractivity contribution in [3.63, 3.8) is 0 Å². The molecule has 0 fully saturated rings. The molecule has 1 N–H and O–H groups in total. The molecule has 0 heterocycles. The number of methoxy groups -OCH3 is 2. The van der Waals surface area contributed by atoms with Crippen molar-refractivity contribution >= 4 is 29.3 Å². The number of halogens is 1. The van der Waals surface area contributed by atoms with Crippen molar-refractivity contribution in [2.75, 3.05) is 20.8 Å². The molecule has 0 aromatic heterocycles. The molecule has 0 aliphatic heterocycles. The zero-order chi connectivity index (χ0) is 21.4. The van der Waals surface area contributed by atoms with Gasteiger partial charge in [-0.05, 0) is 31.0 Å². The second-order valence-corrected chi connectivity index (χ2v) is 6.60. The average molecular weight is 420 g/mol. The molecule has 0 bridgehead atoms. The number of amides is 1. The van der Waals surface area contributed by atoms with Crippen LogP contribution in [-0.4, -0.2) is 44.5 Å². The summed E-state index contributed by atoms with van der Waals surface area (Å²) in [4.78, 5) is 36.3. The molecule has 0 spiro atoms.